The summed E-state index contributed by atoms with van der Waals surface area (Å²) in [6, 6.07) is -2.19. The molecule has 0 saturated heterocycles. The molecule has 1 aromatic heterocycles. The van der Waals surface area contributed by atoms with Crippen LogP contribution in [0.4, 0.5) is 9.93 Å². The number of aromatic nitrogens is 1. The molecule has 10 heteroatoms. The highest BCUT2D eigenvalue weighted by molar-refractivity contribution is 7.13. The maximum absolute atomic E-state index is 10.9. The molecule has 3 amide bonds. The lowest BCUT2D eigenvalue weighted by Gasteiger charge is -2.11. The van der Waals surface area contributed by atoms with Crippen LogP contribution in [0.2, 0.25) is 0 Å². The first-order valence-electron chi connectivity index (χ1n) is 4.24. The Kier molecular flexibility index (Phi) is 4.37. The molecular formula is C7H9N5O4S. The smallest absolute Gasteiger partial charge is 0.332 e. The van der Waals surface area contributed by atoms with Crippen LogP contribution in [0.1, 0.15) is 11.7 Å². The zero-order chi connectivity index (χ0) is 12.8. The van der Waals surface area contributed by atoms with E-state index in [1.165, 1.54) is 5.38 Å². The van der Waals surface area contributed by atoms with E-state index >= 15 is 0 Å². The zero-order valence-electron chi connectivity index (χ0n) is 8.34. The Hall–Kier alpha value is -2.20. The van der Waals surface area contributed by atoms with Gasteiger partial charge in [-0.25, -0.2) is 20.4 Å². The lowest BCUT2D eigenvalue weighted by molar-refractivity contribution is -0.139. The summed E-state index contributed by atoms with van der Waals surface area (Å²) in [5.74, 6) is 3.53. The van der Waals surface area contributed by atoms with Crippen LogP contribution in [-0.4, -0.2) is 28.5 Å². The normalized spacial score (nSPS) is 11.4. The minimum atomic E-state index is -1.34. The van der Waals surface area contributed by atoms with Gasteiger partial charge in [-0.15, -0.1) is 11.3 Å². The molecule has 0 saturated carbocycles. The van der Waals surface area contributed by atoms with Gasteiger partial charge in [0.2, 0.25) is 6.41 Å². The number of carboxylic acids is 1. The van der Waals surface area contributed by atoms with Gasteiger partial charge in [0, 0.05) is 5.38 Å². The van der Waals surface area contributed by atoms with Crippen molar-refractivity contribution in [3.05, 3.63) is 11.1 Å². The lowest BCUT2D eigenvalue weighted by Crippen LogP contribution is -2.44. The predicted octanol–water partition coefficient (Wildman–Crippen LogP) is -0.990. The second kappa shape index (κ2) is 5.77. The second-order valence-corrected chi connectivity index (χ2v) is 3.59. The van der Waals surface area contributed by atoms with E-state index in [2.05, 4.69) is 15.6 Å². The first kappa shape index (κ1) is 12.9. The number of amides is 3. The SMILES string of the molecule is NNC(=O)NC(C(=O)O)c1csc(NC=O)n1. The molecule has 0 aliphatic rings. The Labute approximate surface area is 99.0 Å². The van der Waals surface area contributed by atoms with E-state index in [-0.39, 0.29) is 10.8 Å². The molecule has 0 radical (unpaired) electrons. The highest BCUT2D eigenvalue weighted by Gasteiger charge is 2.24. The maximum Gasteiger partial charge on any atom is 0.332 e. The quantitative estimate of drug-likeness (QED) is 0.198. The third kappa shape index (κ3) is 3.39. The van der Waals surface area contributed by atoms with Gasteiger partial charge in [0.25, 0.3) is 0 Å². The molecule has 17 heavy (non-hydrogen) atoms. The zero-order valence-corrected chi connectivity index (χ0v) is 9.15. The first-order valence-corrected chi connectivity index (χ1v) is 5.12. The van der Waals surface area contributed by atoms with Crippen molar-refractivity contribution in [2.24, 2.45) is 5.84 Å². The number of rotatable bonds is 5. The Morgan fingerprint density at radius 3 is 2.82 bits per heavy atom. The van der Waals surface area contributed by atoms with Crippen molar-refractivity contribution in [1.82, 2.24) is 15.7 Å². The minimum absolute atomic E-state index is 0.0930. The summed E-state index contributed by atoms with van der Waals surface area (Å²) in [5, 5.41) is 14.9. The van der Waals surface area contributed by atoms with Gasteiger partial charge in [-0.1, -0.05) is 0 Å². The molecule has 1 aromatic rings. The summed E-state index contributed by atoms with van der Waals surface area (Å²) < 4.78 is 0. The van der Waals surface area contributed by atoms with Crippen LogP contribution in [0.15, 0.2) is 5.38 Å². The van der Waals surface area contributed by atoms with Crippen LogP contribution in [0, 0.1) is 0 Å². The topological polar surface area (TPSA) is 146 Å². The van der Waals surface area contributed by atoms with Gasteiger partial charge < -0.3 is 15.7 Å². The number of anilines is 1. The molecule has 9 nitrogen and oxygen atoms in total. The van der Waals surface area contributed by atoms with E-state index in [1.807, 2.05) is 0 Å². The fourth-order valence-electron chi connectivity index (χ4n) is 0.970. The number of urea groups is 1. The molecular weight excluding hydrogens is 250 g/mol. The Balaban J connectivity index is 2.85. The summed E-state index contributed by atoms with van der Waals surface area (Å²) in [6.45, 7) is 0. The molecule has 1 unspecified atom stereocenters. The van der Waals surface area contributed by atoms with Crippen LogP contribution in [0.25, 0.3) is 0 Å². The fraction of sp³-hybridized carbons (Fsp3) is 0.143. The monoisotopic (exact) mass is 259 g/mol. The molecule has 1 heterocycles. The molecule has 0 fully saturated rings. The van der Waals surface area contributed by atoms with Crippen molar-refractivity contribution in [2.45, 2.75) is 6.04 Å². The van der Waals surface area contributed by atoms with Crippen LogP contribution < -0.4 is 21.9 Å². The highest BCUT2D eigenvalue weighted by atomic mass is 32.1. The lowest BCUT2D eigenvalue weighted by atomic mass is 10.2. The van der Waals surface area contributed by atoms with Crippen LogP contribution >= 0.6 is 11.3 Å². The number of carbonyl (C=O) groups is 3. The van der Waals surface area contributed by atoms with Gasteiger partial charge in [-0.05, 0) is 0 Å². The van der Waals surface area contributed by atoms with Gasteiger partial charge >= 0.3 is 12.0 Å². The number of hydrogen-bond donors (Lipinski definition) is 5. The molecule has 1 atom stereocenters. The molecule has 1 rings (SSSR count). The van der Waals surface area contributed by atoms with Crippen LogP contribution in [-0.2, 0) is 9.59 Å². The van der Waals surface area contributed by atoms with Crippen molar-refractivity contribution >= 4 is 34.9 Å². The molecule has 0 aliphatic heterocycles. The summed E-state index contributed by atoms with van der Waals surface area (Å²) >= 11 is 1.03. The average Bonchev–Trinajstić information content (AvgIpc) is 2.74. The number of nitrogens with two attached hydrogens (primary N) is 1. The van der Waals surface area contributed by atoms with Crippen molar-refractivity contribution in [2.75, 3.05) is 5.32 Å². The van der Waals surface area contributed by atoms with Crippen LogP contribution in [0.3, 0.4) is 0 Å². The number of nitrogens with zero attached hydrogens (tertiary/aromatic N) is 1. The maximum atomic E-state index is 10.9. The third-order valence-corrected chi connectivity index (χ3v) is 2.45. The Morgan fingerprint density at radius 1 is 1.59 bits per heavy atom. The Bertz CT molecular complexity index is 434. The van der Waals surface area contributed by atoms with Gasteiger partial charge in [0.05, 0.1) is 5.69 Å². The third-order valence-electron chi connectivity index (χ3n) is 1.65. The van der Waals surface area contributed by atoms with E-state index in [9.17, 15) is 14.4 Å². The molecule has 0 spiro atoms. The highest BCUT2D eigenvalue weighted by Crippen LogP contribution is 2.20. The molecule has 6 N–H and O–H groups in total. The van der Waals surface area contributed by atoms with E-state index in [0.29, 0.717) is 6.41 Å². The van der Waals surface area contributed by atoms with Crippen molar-refractivity contribution in [3.63, 3.8) is 0 Å². The summed E-state index contributed by atoms with van der Waals surface area (Å²) in [7, 11) is 0. The Morgan fingerprint density at radius 2 is 2.29 bits per heavy atom. The number of aliphatic carboxylic acids is 1. The minimum Gasteiger partial charge on any atom is -0.479 e. The van der Waals surface area contributed by atoms with Crippen LogP contribution in [0.5, 0.6) is 0 Å². The number of carboxylic acid groups (broad SMARTS) is 1. The predicted molar refractivity (Wildman–Crippen MR) is 58.0 cm³/mol. The van der Waals surface area contributed by atoms with Gasteiger partial charge in [-0.3, -0.25) is 10.2 Å². The van der Waals surface area contributed by atoms with E-state index in [0.717, 1.165) is 11.3 Å². The number of carbonyl (C=O) groups excluding carboxylic acids is 2. The largest absolute Gasteiger partial charge is 0.479 e. The number of hydrogen-bond acceptors (Lipinski definition) is 6. The van der Waals surface area contributed by atoms with Crippen molar-refractivity contribution < 1.29 is 19.5 Å². The first-order chi connectivity index (χ1) is 8.08. The molecule has 0 bridgehead atoms. The van der Waals surface area contributed by atoms with Gasteiger partial charge in [0.15, 0.2) is 11.2 Å². The van der Waals surface area contributed by atoms with Crippen molar-refractivity contribution in [1.29, 1.82) is 0 Å². The number of nitrogens with one attached hydrogen (secondary N) is 3. The molecule has 0 aromatic carbocycles. The fourth-order valence-corrected chi connectivity index (χ4v) is 1.67. The summed E-state index contributed by atoms with van der Waals surface area (Å²) in [5.41, 5.74) is 1.84. The van der Waals surface area contributed by atoms with Crippen molar-refractivity contribution in [3.8, 4) is 0 Å². The van der Waals surface area contributed by atoms with Gasteiger partial charge in [-0.2, -0.15) is 0 Å². The second-order valence-electron chi connectivity index (χ2n) is 2.73. The summed E-state index contributed by atoms with van der Waals surface area (Å²) in [4.78, 5) is 35.8. The molecule has 0 aliphatic carbocycles. The average molecular weight is 259 g/mol. The van der Waals surface area contributed by atoms with E-state index in [4.69, 9.17) is 10.9 Å². The standard InChI is InChI=1S/C7H9N5O4S/c8-12-6(16)11-4(5(14)15)3-1-17-7(10-3)9-2-13/h1-2,4H,8H2,(H,14,15)(H,9,10,13)(H2,11,12,16). The number of hydrazine groups is 1. The number of thiazole rings is 1. The van der Waals surface area contributed by atoms with E-state index < -0.39 is 18.0 Å². The van der Waals surface area contributed by atoms with Gasteiger partial charge in [0.1, 0.15) is 0 Å². The molecule has 92 valence electrons. The summed E-state index contributed by atoms with van der Waals surface area (Å²) in [6.07, 6.45) is 0.415. The van der Waals surface area contributed by atoms with E-state index in [1.54, 1.807) is 5.43 Å².